The number of pyridine rings is 1. The highest BCUT2D eigenvalue weighted by Crippen LogP contribution is 2.27. The standard InChI is InChI=1S/C29H38N6.H2/c1-7-27(33-28(8-2)22-11-13-35(14-12-22)20(3)4)21(5)32-29-16-25-15-23(9-10-24(25)17-30-29)26-18-31-34(6)19-26;/h7,9-10,15-20,22H,5,8,11-14H2,1-4,6H3,(H,30,32);1H/b27-7-,33-28?;. The van der Waals surface area contributed by atoms with Crippen molar-refractivity contribution in [2.45, 2.75) is 53.0 Å². The minimum Gasteiger partial charge on any atom is -0.339 e. The summed E-state index contributed by atoms with van der Waals surface area (Å²) in [5.74, 6) is 1.31. The van der Waals surface area contributed by atoms with Crippen molar-refractivity contribution in [1.29, 1.82) is 0 Å². The zero-order chi connectivity index (χ0) is 24.9. The molecule has 0 spiro atoms. The van der Waals surface area contributed by atoms with Crippen LogP contribution in [0.5, 0.6) is 0 Å². The molecule has 1 aromatic carbocycles. The average molecular weight is 473 g/mol. The smallest absolute Gasteiger partial charge is 0.130 e. The fourth-order valence-corrected chi connectivity index (χ4v) is 4.85. The third kappa shape index (κ3) is 5.88. The van der Waals surface area contributed by atoms with E-state index < -0.39 is 0 Å². The second-order valence-corrected chi connectivity index (χ2v) is 9.67. The Morgan fingerprint density at radius 1 is 1.20 bits per heavy atom. The third-order valence-electron chi connectivity index (χ3n) is 6.98. The molecule has 0 atom stereocenters. The molecule has 0 saturated carbocycles. The van der Waals surface area contributed by atoms with E-state index in [1.807, 2.05) is 43.3 Å². The summed E-state index contributed by atoms with van der Waals surface area (Å²) in [5.41, 5.74) is 5.17. The lowest BCUT2D eigenvalue weighted by Crippen LogP contribution is -2.40. The van der Waals surface area contributed by atoms with Crippen molar-refractivity contribution in [3.63, 3.8) is 0 Å². The van der Waals surface area contributed by atoms with Gasteiger partial charge < -0.3 is 10.2 Å². The van der Waals surface area contributed by atoms with Crippen molar-refractivity contribution in [2.75, 3.05) is 18.4 Å². The SMILES string of the molecule is C=C(Nc1cc2cc(-c3cnn(C)c3)ccc2cn1)/C(=C/C)N=C(CC)C1CCN(C(C)C)CC1.[HH]. The first-order chi connectivity index (χ1) is 16.9. The molecule has 1 aliphatic rings. The summed E-state index contributed by atoms with van der Waals surface area (Å²) in [6, 6.07) is 9.07. The Morgan fingerprint density at radius 2 is 1.97 bits per heavy atom. The molecule has 3 aromatic rings. The summed E-state index contributed by atoms with van der Waals surface area (Å²) in [6.07, 6.45) is 11.2. The van der Waals surface area contributed by atoms with Crippen LogP contribution in [0.25, 0.3) is 21.9 Å². The van der Waals surface area contributed by atoms with Crippen LogP contribution in [0.3, 0.4) is 0 Å². The zero-order valence-electron chi connectivity index (χ0n) is 21.8. The van der Waals surface area contributed by atoms with Crippen LogP contribution in [0.15, 0.2) is 71.9 Å². The summed E-state index contributed by atoms with van der Waals surface area (Å²) in [4.78, 5) is 12.3. The maximum Gasteiger partial charge on any atom is 0.130 e. The van der Waals surface area contributed by atoms with E-state index in [9.17, 15) is 0 Å². The Balaban J connectivity index is 0.00000361. The minimum atomic E-state index is 0. The number of rotatable bonds is 8. The summed E-state index contributed by atoms with van der Waals surface area (Å²) in [7, 11) is 1.93. The van der Waals surface area contributed by atoms with Crippen LogP contribution in [0.2, 0.25) is 0 Å². The van der Waals surface area contributed by atoms with Crippen molar-refractivity contribution in [3.8, 4) is 11.1 Å². The van der Waals surface area contributed by atoms with E-state index in [1.165, 1.54) is 18.6 Å². The number of fused-ring (bicyclic) bond motifs is 1. The minimum absolute atomic E-state index is 0. The number of aryl methyl sites for hydroxylation is 1. The van der Waals surface area contributed by atoms with E-state index in [1.54, 1.807) is 0 Å². The molecule has 6 heteroatoms. The van der Waals surface area contributed by atoms with Crippen molar-refractivity contribution in [3.05, 3.63) is 66.9 Å². The second-order valence-electron chi connectivity index (χ2n) is 9.67. The van der Waals surface area contributed by atoms with E-state index in [4.69, 9.17) is 4.99 Å². The first-order valence-electron chi connectivity index (χ1n) is 12.7. The molecule has 6 nitrogen and oxygen atoms in total. The predicted molar refractivity (Wildman–Crippen MR) is 150 cm³/mol. The van der Waals surface area contributed by atoms with Gasteiger partial charge in [0.1, 0.15) is 5.82 Å². The van der Waals surface area contributed by atoms with Gasteiger partial charge in [0, 0.05) is 43.6 Å². The molecular formula is C29H40N6. The molecule has 1 N–H and O–H groups in total. The van der Waals surface area contributed by atoms with Gasteiger partial charge in [0.15, 0.2) is 0 Å². The molecule has 35 heavy (non-hydrogen) atoms. The fraction of sp³-hybridized carbons (Fsp3) is 0.414. The lowest BCUT2D eigenvalue weighted by Gasteiger charge is -2.35. The Morgan fingerprint density at radius 3 is 2.60 bits per heavy atom. The fourth-order valence-electron chi connectivity index (χ4n) is 4.85. The number of piperidine rings is 1. The highest BCUT2D eigenvalue weighted by molar-refractivity contribution is 5.89. The number of aromatic nitrogens is 3. The normalized spacial score (nSPS) is 16.3. The largest absolute Gasteiger partial charge is 0.339 e. The van der Waals surface area contributed by atoms with E-state index >= 15 is 0 Å². The summed E-state index contributed by atoms with van der Waals surface area (Å²) < 4.78 is 1.82. The van der Waals surface area contributed by atoms with Gasteiger partial charge in [-0.3, -0.25) is 9.67 Å². The molecule has 0 radical (unpaired) electrons. The van der Waals surface area contributed by atoms with Gasteiger partial charge in [-0.1, -0.05) is 31.7 Å². The van der Waals surface area contributed by atoms with Crippen LogP contribution in [0, 0.1) is 5.92 Å². The lowest BCUT2D eigenvalue weighted by atomic mass is 9.90. The van der Waals surface area contributed by atoms with Gasteiger partial charge in [0.25, 0.3) is 0 Å². The molecule has 2 aromatic heterocycles. The molecule has 3 heterocycles. The number of likely N-dealkylation sites (tertiary alicyclic amines) is 1. The first-order valence-corrected chi connectivity index (χ1v) is 12.7. The topological polar surface area (TPSA) is 58.3 Å². The van der Waals surface area contributed by atoms with Gasteiger partial charge in [-0.25, -0.2) is 4.98 Å². The molecule has 1 aliphatic heterocycles. The van der Waals surface area contributed by atoms with E-state index in [0.717, 1.165) is 58.6 Å². The summed E-state index contributed by atoms with van der Waals surface area (Å²) in [5, 5.41) is 9.91. The van der Waals surface area contributed by atoms with Gasteiger partial charge in [-0.2, -0.15) is 5.10 Å². The molecule has 1 saturated heterocycles. The Labute approximate surface area is 211 Å². The number of allylic oxidation sites excluding steroid dienone is 1. The highest BCUT2D eigenvalue weighted by Gasteiger charge is 2.24. The van der Waals surface area contributed by atoms with E-state index in [2.05, 4.69) is 71.9 Å². The van der Waals surface area contributed by atoms with Crippen LogP contribution in [0.1, 0.15) is 48.4 Å². The van der Waals surface area contributed by atoms with Gasteiger partial charge in [0.2, 0.25) is 0 Å². The second kappa shape index (κ2) is 11.0. The average Bonchev–Trinajstić information content (AvgIpc) is 3.30. The molecular weight excluding hydrogens is 432 g/mol. The number of nitrogens with zero attached hydrogens (tertiary/aromatic N) is 5. The van der Waals surface area contributed by atoms with Crippen LogP contribution in [-0.4, -0.2) is 44.5 Å². The molecule has 0 unspecified atom stereocenters. The lowest BCUT2D eigenvalue weighted by molar-refractivity contribution is 0.169. The van der Waals surface area contributed by atoms with Crippen molar-refractivity contribution in [1.82, 2.24) is 19.7 Å². The molecule has 0 bridgehead atoms. The van der Waals surface area contributed by atoms with Gasteiger partial charge in [-0.15, -0.1) is 0 Å². The van der Waals surface area contributed by atoms with E-state index in [-0.39, 0.29) is 1.43 Å². The highest BCUT2D eigenvalue weighted by atomic mass is 15.2. The molecule has 1 fully saturated rings. The first kappa shape index (κ1) is 24.9. The van der Waals surface area contributed by atoms with Gasteiger partial charge >= 0.3 is 0 Å². The number of hydrogen-bond donors (Lipinski definition) is 1. The molecule has 0 aliphatic carbocycles. The van der Waals surface area contributed by atoms with Crippen LogP contribution in [-0.2, 0) is 7.05 Å². The van der Waals surface area contributed by atoms with Gasteiger partial charge in [0.05, 0.1) is 17.6 Å². The van der Waals surface area contributed by atoms with Gasteiger partial charge in [-0.05, 0) is 82.1 Å². The summed E-state index contributed by atoms with van der Waals surface area (Å²) >= 11 is 0. The van der Waals surface area contributed by atoms with Crippen molar-refractivity contribution in [2.24, 2.45) is 18.0 Å². The van der Waals surface area contributed by atoms with Crippen LogP contribution in [0.4, 0.5) is 5.82 Å². The van der Waals surface area contributed by atoms with E-state index in [0.29, 0.717) is 12.0 Å². The van der Waals surface area contributed by atoms with Crippen molar-refractivity contribution < 1.29 is 1.43 Å². The Bertz CT molecular complexity index is 1250. The Kier molecular flexibility index (Phi) is 7.81. The van der Waals surface area contributed by atoms with Crippen molar-refractivity contribution >= 4 is 22.3 Å². The molecule has 0 amide bonds. The summed E-state index contributed by atoms with van der Waals surface area (Å²) in [6.45, 7) is 15.4. The van der Waals surface area contributed by atoms with Crippen LogP contribution < -0.4 is 5.32 Å². The third-order valence-corrected chi connectivity index (χ3v) is 6.98. The number of hydrogen-bond acceptors (Lipinski definition) is 5. The molecule has 4 rings (SSSR count). The number of anilines is 1. The predicted octanol–water partition coefficient (Wildman–Crippen LogP) is 6.68. The van der Waals surface area contributed by atoms with Crippen LogP contribution >= 0.6 is 0 Å². The Hall–Kier alpha value is -3.25. The quantitative estimate of drug-likeness (QED) is 0.293. The number of nitrogens with one attached hydrogen (secondary N) is 1. The maximum absolute atomic E-state index is 5.08. The zero-order valence-corrected chi connectivity index (χ0v) is 21.8. The monoisotopic (exact) mass is 472 g/mol. The molecule has 186 valence electrons. The number of aliphatic imine (C=N–C) groups is 1. The maximum atomic E-state index is 5.08. The number of benzene rings is 1.